The zero-order valence-corrected chi connectivity index (χ0v) is 18.3. The first kappa shape index (κ1) is 22.4. The van der Waals surface area contributed by atoms with Crippen LogP contribution >= 0.6 is 11.3 Å². The third-order valence-electron chi connectivity index (χ3n) is 4.91. The standard InChI is InChI=1S/C25H25FN2O2S/c1-3-13-27(25(30)21-10-7-11-22(26)15-21)18-24(29)28(16-20-8-5-4-6-9-20)17-23-19(2)12-14-31-23/h3-12,14-15H,1,13,16-18H2,2H3. The summed E-state index contributed by atoms with van der Waals surface area (Å²) < 4.78 is 13.6. The molecule has 0 saturated heterocycles. The van der Waals surface area contributed by atoms with E-state index in [2.05, 4.69) is 6.58 Å². The zero-order chi connectivity index (χ0) is 22.2. The largest absolute Gasteiger partial charge is 0.332 e. The molecule has 0 spiro atoms. The van der Waals surface area contributed by atoms with Crippen LogP contribution in [0, 0.1) is 12.7 Å². The third-order valence-corrected chi connectivity index (χ3v) is 5.91. The number of halogens is 1. The van der Waals surface area contributed by atoms with Crippen molar-refractivity contribution in [3.05, 3.63) is 106 Å². The van der Waals surface area contributed by atoms with Crippen molar-refractivity contribution in [1.29, 1.82) is 0 Å². The van der Waals surface area contributed by atoms with Gasteiger partial charge in [0, 0.05) is 23.5 Å². The molecular formula is C25H25FN2O2S. The van der Waals surface area contributed by atoms with E-state index < -0.39 is 11.7 Å². The fourth-order valence-electron chi connectivity index (χ4n) is 3.22. The second-order valence-corrected chi connectivity index (χ2v) is 8.25. The Morgan fingerprint density at radius 1 is 1.03 bits per heavy atom. The van der Waals surface area contributed by atoms with Gasteiger partial charge >= 0.3 is 0 Å². The summed E-state index contributed by atoms with van der Waals surface area (Å²) in [5.74, 6) is -1.07. The average Bonchev–Trinajstić information content (AvgIpc) is 3.17. The van der Waals surface area contributed by atoms with Gasteiger partial charge in [-0.25, -0.2) is 4.39 Å². The smallest absolute Gasteiger partial charge is 0.254 e. The molecule has 0 N–H and O–H groups in total. The Kier molecular flexibility index (Phi) is 7.73. The normalized spacial score (nSPS) is 10.5. The van der Waals surface area contributed by atoms with Gasteiger partial charge in [0.05, 0.1) is 6.54 Å². The number of amides is 2. The predicted octanol–water partition coefficient (Wildman–Crippen LogP) is 5.05. The van der Waals surface area contributed by atoms with Crippen LogP contribution in [0.25, 0.3) is 0 Å². The molecule has 0 aliphatic rings. The van der Waals surface area contributed by atoms with E-state index in [4.69, 9.17) is 0 Å². The predicted molar refractivity (Wildman–Crippen MR) is 122 cm³/mol. The van der Waals surface area contributed by atoms with Gasteiger partial charge in [-0.1, -0.05) is 42.5 Å². The van der Waals surface area contributed by atoms with Crippen LogP contribution in [0.3, 0.4) is 0 Å². The zero-order valence-electron chi connectivity index (χ0n) is 17.5. The first-order valence-corrected chi connectivity index (χ1v) is 10.9. The van der Waals surface area contributed by atoms with Crippen molar-refractivity contribution in [2.45, 2.75) is 20.0 Å². The maximum atomic E-state index is 13.6. The second-order valence-electron chi connectivity index (χ2n) is 7.25. The van der Waals surface area contributed by atoms with Gasteiger partial charge in [0.1, 0.15) is 12.4 Å². The Hall–Kier alpha value is -3.25. The molecule has 1 heterocycles. The lowest BCUT2D eigenvalue weighted by Crippen LogP contribution is -2.42. The monoisotopic (exact) mass is 436 g/mol. The summed E-state index contributed by atoms with van der Waals surface area (Å²) in [5, 5.41) is 2.01. The number of thiophene rings is 1. The first-order chi connectivity index (χ1) is 15.0. The number of nitrogens with zero attached hydrogens (tertiary/aromatic N) is 2. The fraction of sp³-hybridized carbons (Fsp3) is 0.200. The molecule has 160 valence electrons. The summed E-state index contributed by atoms with van der Waals surface area (Å²) >= 11 is 1.61. The molecule has 0 unspecified atom stereocenters. The van der Waals surface area contributed by atoms with Crippen LogP contribution in [0.5, 0.6) is 0 Å². The lowest BCUT2D eigenvalue weighted by molar-refractivity contribution is -0.133. The lowest BCUT2D eigenvalue weighted by Gasteiger charge is -2.27. The Balaban J connectivity index is 1.81. The third kappa shape index (κ3) is 6.12. The van der Waals surface area contributed by atoms with E-state index in [1.807, 2.05) is 48.7 Å². The summed E-state index contributed by atoms with van der Waals surface area (Å²) in [7, 11) is 0. The Morgan fingerprint density at radius 3 is 2.45 bits per heavy atom. The number of carbonyl (C=O) groups excluding carboxylic acids is 2. The molecule has 0 saturated carbocycles. The topological polar surface area (TPSA) is 40.6 Å². The maximum Gasteiger partial charge on any atom is 0.254 e. The van der Waals surface area contributed by atoms with E-state index in [0.29, 0.717) is 13.1 Å². The van der Waals surface area contributed by atoms with Gasteiger partial charge in [-0.15, -0.1) is 17.9 Å². The van der Waals surface area contributed by atoms with Gasteiger partial charge in [0.25, 0.3) is 5.91 Å². The molecule has 0 aliphatic carbocycles. The minimum atomic E-state index is -0.491. The Bertz CT molecular complexity index is 1050. The minimum absolute atomic E-state index is 0.112. The molecule has 0 radical (unpaired) electrons. The van der Waals surface area contributed by atoms with E-state index in [0.717, 1.165) is 16.0 Å². The molecule has 3 rings (SSSR count). The first-order valence-electron chi connectivity index (χ1n) is 9.98. The second kappa shape index (κ2) is 10.7. The van der Waals surface area contributed by atoms with Crippen LogP contribution in [0.1, 0.15) is 26.4 Å². The molecular weight excluding hydrogens is 411 g/mol. The van der Waals surface area contributed by atoms with Crippen LogP contribution in [-0.2, 0) is 17.9 Å². The molecule has 4 nitrogen and oxygen atoms in total. The van der Waals surface area contributed by atoms with Crippen LogP contribution in [0.4, 0.5) is 4.39 Å². The van der Waals surface area contributed by atoms with Crippen molar-refractivity contribution in [3.8, 4) is 0 Å². The minimum Gasteiger partial charge on any atom is -0.332 e. The van der Waals surface area contributed by atoms with Gasteiger partial charge < -0.3 is 9.80 Å². The number of hydrogen-bond donors (Lipinski definition) is 0. The average molecular weight is 437 g/mol. The van der Waals surface area contributed by atoms with Crippen molar-refractivity contribution in [2.24, 2.45) is 0 Å². The Morgan fingerprint density at radius 2 is 1.81 bits per heavy atom. The van der Waals surface area contributed by atoms with Crippen molar-refractivity contribution < 1.29 is 14.0 Å². The highest BCUT2D eigenvalue weighted by molar-refractivity contribution is 7.10. The highest BCUT2D eigenvalue weighted by Crippen LogP contribution is 2.20. The molecule has 0 fully saturated rings. The number of benzene rings is 2. The molecule has 3 aromatic rings. The van der Waals surface area contributed by atoms with E-state index in [1.54, 1.807) is 28.4 Å². The van der Waals surface area contributed by atoms with Gasteiger partial charge in [0.2, 0.25) is 5.91 Å². The summed E-state index contributed by atoms with van der Waals surface area (Å²) in [4.78, 5) is 30.5. The van der Waals surface area contributed by atoms with E-state index in [1.165, 1.54) is 23.1 Å². The summed E-state index contributed by atoms with van der Waals surface area (Å²) in [5.41, 5.74) is 2.35. The molecule has 6 heteroatoms. The molecule has 0 bridgehead atoms. The van der Waals surface area contributed by atoms with Crippen LogP contribution in [0.2, 0.25) is 0 Å². The fourth-order valence-corrected chi connectivity index (χ4v) is 4.14. The van der Waals surface area contributed by atoms with Gasteiger partial charge in [-0.2, -0.15) is 0 Å². The number of hydrogen-bond acceptors (Lipinski definition) is 3. The summed E-state index contributed by atoms with van der Waals surface area (Å²) in [6.45, 7) is 6.70. The van der Waals surface area contributed by atoms with Crippen molar-refractivity contribution >= 4 is 23.2 Å². The Labute approximate surface area is 186 Å². The molecule has 0 aliphatic heterocycles. The molecule has 2 aromatic carbocycles. The van der Waals surface area contributed by atoms with Crippen LogP contribution < -0.4 is 0 Å². The summed E-state index contributed by atoms with van der Waals surface area (Å²) in [6, 6.07) is 17.3. The van der Waals surface area contributed by atoms with Crippen LogP contribution in [0.15, 0.2) is 78.7 Å². The molecule has 2 amide bonds. The molecule has 1 aromatic heterocycles. The van der Waals surface area contributed by atoms with Crippen molar-refractivity contribution in [3.63, 3.8) is 0 Å². The molecule has 31 heavy (non-hydrogen) atoms. The SMILES string of the molecule is C=CCN(CC(=O)N(Cc1ccccc1)Cc1sccc1C)C(=O)c1cccc(F)c1. The summed E-state index contributed by atoms with van der Waals surface area (Å²) in [6.07, 6.45) is 1.56. The van der Waals surface area contributed by atoms with Crippen molar-refractivity contribution in [2.75, 3.05) is 13.1 Å². The van der Waals surface area contributed by atoms with Gasteiger partial charge in [-0.05, 0) is 47.7 Å². The highest BCUT2D eigenvalue weighted by Gasteiger charge is 2.23. The van der Waals surface area contributed by atoms with Gasteiger partial charge in [0.15, 0.2) is 0 Å². The molecule has 0 atom stereocenters. The lowest BCUT2D eigenvalue weighted by atomic mass is 10.1. The quantitative estimate of drug-likeness (QED) is 0.440. The van der Waals surface area contributed by atoms with E-state index in [-0.39, 0.29) is 24.6 Å². The van der Waals surface area contributed by atoms with Gasteiger partial charge in [-0.3, -0.25) is 9.59 Å². The van der Waals surface area contributed by atoms with E-state index in [9.17, 15) is 14.0 Å². The number of aryl methyl sites for hydroxylation is 1. The van der Waals surface area contributed by atoms with Crippen molar-refractivity contribution in [1.82, 2.24) is 9.80 Å². The maximum absolute atomic E-state index is 13.6. The number of rotatable bonds is 9. The van der Waals surface area contributed by atoms with Crippen LogP contribution in [-0.4, -0.2) is 34.7 Å². The van der Waals surface area contributed by atoms with E-state index >= 15 is 0 Å². The number of carbonyl (C=O) groups is 2. The highest BCUT2D eigenvalue weighted by atomic mass is 32.1.